The van der Waals surface area contributed by atoms with Gasteiger partial charge in [0, 0.05) is 36.4 Å². The molecule has 1 heterocycles. The molecule has 0 aliphatic heterocycles. The summed E-state index contributed by atoms with van der Waals surface area (Å²) in [6.45, 7) is 6.50. The summed E-state index contributed by atoms with van der Waals surface area (Å²) in [6, 6.07) is 8.97. The van der Waals surface area contributed by atoms with E-state index in [-0.39, 0.29) is 30.2 Å². The van der Waals surface area contributed by atoms with Crippen molar-refractivity contribution in [2.24, 2.45) is 13.0 Å². The molecule has 1 aromatic heterocycles. The van der Waals surface area contributed by atoms with Crippen molar-refractivity contribution in [1.29, 1.82) is 0 Å². The predicted molar refractivity (Wildman–Crippen MR) is 186 cm³/mol. The van der Waals surface area contributed by atoms with E-state index in [9.17, 15) is 42.6 Å². The van der Waals surface area contributed by atoms with Crippen LogP contribution in [0.2, 0.25) is 0 Å². The molecule has 0 spiro atoms. The average molecular weight is 742 g/mol. The van der Waals surface area contributed by atoms with Crippen LogP contribution in [0.5, 0.6) is 0 Å². The number of nitrogens with one attached hydrogen (secondary N) is 3. The summed E-state index contributed by atoms with van der Waals surface area (Å²) in [5.41, 5.74) is -1.31. The van der Waals surface area contributed by atoms with Crippen molar-refractivity contribution in [2.75, 3.05) is 11.3 Å². The molecule has 0 unspecified atom stereocenters. The lowest BCUT2D eigenvalue weighted by Gasteiger charge is -2.20. The molecule has 0 bridgehead atoms. The molecule has 17 heteroatoms. The molecule has 0 saturated carbocycles. The number of carbonyl (C=O) groups is 3. The Morgan fingerprint density at radius 2 is 1.50 bits per heavy atom. The van der Waals surface area contributed by atoms with Gasteiger partial charge >= 0.3 is 11.7 Å². The van der Waals surface area contributed by atoms with E-state index < -0.39 is 78.9 Å². The van der Waals surface area contributed by atoms with Crippen molar-refractivity contribution in [3.8, 4) is 5.69 Å². The number of hydrogen-bond donors (Lipinski definition) is 5. The maximum atomic E-state index is 15.1. The van der Waals surface area contributed by atoms with Gasteiger partial charge in [-0.2, -0.15) is 0 Å². The number of aliphatic hydroxyl groups excluding tert-OH is 1. The summed E-state index contributed by atoms with van der Waals surface area (Å²) in [5, 5.41) is 23.9. The minimum absolute atomic E-state index is 0.0726. The molecule has 0 saturated heterocycles. The third-order valence-corrected chi connectivity index (χ3v) is 9.96. The second-order valence-electron chi connectivity index (χ2n) is 12.4. The molecule has 4 rings (SSSR count). The third kappa shape index (κ3) is 8.43. The highest BCUT2D eigenvalue weighted by atomic mass is 32.2. The second kappa shape index (κ2) is 15.7. The Balaban J connectivity index is 1.47. The number of benzene rings is 3. The number of nitrogens with zero attached hydrogens (tertiary/aromatic N) is 2. The number of aromatic nitrogens is 2. The van der Waals surface area contributed by atoms with E-state index in [2.05, 4.69) is 10.6 Å². The topological polar surface area (TPSA) is 206 Å². The van der Waals surface area contributed by atoms with Crippen LogP contribution in [0.25, 0.3) is 5.69 Å². The second-order valence-corrected chi connectivity index (χ2v) is 14.1. The van der Waals surface area contributed by atoms with Gasteiger partial charge in [-0.05, 0) is 67.8 Å². The SMILES string of the molecule is Cc1c(C)n(C)c(=O)n(-c2ccc(C[C@H](NC(=O)c3cc(F)c(NS(=O)(=O)c4ccc(C(=O)N[C@@H](CO)C(C)C)cc4)cc3F)C(=O)O)cc2)c1=O. The zero-order valence-electron chi connectivity index (χ0n) is 28.7. The lowest BCUT2D eigenvalue weighted by Crippen LogP contribution is -2.42. The van der Waals surface area contributed by atoms with Crippen molar-refractivity contribution in [1.82, 2.24) is 19.8 Å². The molecule has 0 aliphatic rings. The average Bonchev–Trinajstić information content (AvgIpc) is 3.10. The quantitative estimate of drug-likeness (QED) is 0.136. The monoisotopic (exact) mass is 741 g/mol. The van der Waals surface area contributed by atoms with Gasteiger partial charge in [-0.15, -0.1) is 0 Å². The first-order valence-corrected chi connectivity index (χ1v) is 17.3. The number of aliphatic carboxylic acids is 1. The molecule has 0 aliphatic carbocycles. The predicted octanol–water partition coefficient (Wildman–Crippen LogP) is 2.40. The van der Waals surface area contributed by atoms with E-state index in [0.29, 0.717) is 29.0 Å². The van der Waals surface area contributed by atoms with Gasteiger partial charge in [0.15, 0.2) is 0 Å². The normalized spacial score (nSPS) is 12.6. The largest absolute Gasteiger partial charge is 0.480 e. The van der Waals surface area contributed by atoms with Crippen LogP contribution in [0, 0.1) is 31.4 Å². The Hall–Kier alpha value is -5.68. The number of sulfonamides is 1. The van der Waals surface area contributed by atoms with E-state index in [4.69, 9.17) is 0 Å². The third-order valence-electron chi connectivity index (χ3n) is 8.58. The lowest BCUT2D eigenvalue weighted by atomic mass is 10.0. The van der Waals surface area contributed by atoms with Crippen LogP contribution in [-0.4, -0.2) is 64.2 Å². The maximum absolute atomic E-state index is 15.1. The molecule has 3 aromatic carbocycles. The molecule has 4 aromatic rings. The van der Waals surface area contributed by atoms with Crippen molar-refractivity contribution in [3.05, 3.63) is 121 Å². The number of rotatable bonds is 13. The first kappa shape index (κ1) is 39.1. The van der Waals surface area contributed by atoms with Gasteiger partial charge in [-0.25, -0.2) is 31.4 Å². The number of anilines is 1. The first-order chi connectivity index (χ1) is 24.4. The summed E-state index contributed by atoms with van der Waals surface area (Å²) in [7, 11) is -2.99. The number of halogens is 2. The van der Waals surface area contributed by atoms with Gasteiger partial charge in [-0.1, -0.05) is 26.0 Å². The molecular weight excluding hydrogens is 704 g/mol. The summed E-state index contributed by atoms with van der Waals surface area (Å²) in [6.07, 6.45) is -0.316. The molecule has 52 heavy (non-hydrogen) atoms. The highest BCUT2D eigenvalue weighted by molar-refractivity contribution is 7.92. The number of amides is 2. The molecule has 276 valence electrons. The van der Waals surface area contributed by atoms with Gasteiger partial charge in [0.25, 0.3) is 27.4 Å². The van der Waals surface area contributed by atoms with E-state index in [1.54, 1.807) is 27.7 Å². The standard InChI is InChI=1S/C35H37F2N5O9S/c1-18(2)30(17-43)39-31(44)22-8-12-24(13-9-22)52(50,51)40-28-16-26(36)25(15-27(28)37)32(45)38-29(34(47)48)14-21-6-10-23(11-7-21)42-33(46)19(3)20(4)41(5)35(42)49/h6-13,15-16,18,29-30,40,43H,14,17H2,1-5H3,(H,38,45)(H,39,44)(H,47,48)/t29-,30-/m0/s1. The van der Waals surface area contributed by atoms with Crippen molar-refractivity contribution in [2.45, 2.75) is 51.1 Å². The Labute approximate surface area is 296 Å². The number of hydrogen-bond acceptors (Lipinski definition) is 8. The van der Waals surface area contributed by atoms with Gasteiger partial charge in [0.05, 0.1) is 34.5 Å². The summed E-state index contributed by atoms with van der Waals surface area (Å²) in [4.78, 5) is 62.5. The van der Waals surface area contributed by atoms with Crippen LogP contribution in [-0.2, 0) is 28.3 Å². The maximum Gasteiger partial charge on any atom is 0.335 e. The fourth-order valence-corrected chi connectivity index (χ4v) is 6.16. The number of aliphatic hydroxyl groups is 1. The zero-order valence-corrected chi connectivity index (χ0v) is 29.5. The molecule has 0 fully saturated rings. The molecular formula is C35H37F2N5O9S. The van der Waals surface area contributed by atoms with Gasteiger partial charge in [-0.3, -0.25) is 19.1 Å². The van der Waals surface area contributed by atoms with Gasteiger partial charge in [0.1, 0.15) is 17.7 Å². The Morgan fingerprint density at radius 1 is 0.885 bits per heavy atom. The Morgan fingerprint density at radius 3 is 2.06 bits per heavy atom. The van der Waals surface area contributed by atoms with E-state index >= 15 is 8.78 Å². The molecule has 14 nitrogen and oxygen atoms in total. The van der Waals surface area contributed by atoms with Crippen LogP contribution in [0.15, 0.2) is 75.1 Å². The number of carbonyl (C=O) groups excluding carboxylic acids is 2. The van der Waals surface area contributed by atoms with Gasteiger partial charge < -0.3 is 25.4 Å². The van der Waals surface area contributed by atoms with E-state index in [1.165, 1.54) is 48.0 Å². The summed E-state index contributed by atoms with van der Waals surface area (Å²) < 4.78 is 60.2. The minimum atomic E-state index is -4.51. The number of carboxylic acids is 1. The molecule has 5 N–H and O–H groups in total. The van der Waals surface area contributed by atoms with Crippen molar-refractivity contribution >= 4 is 33.5 Å². The number of carboxylic acid groups (broad SMARTS) is 1. The van der Waals surface area contributed by atoms with Crippen LogP contribution in [0.1, 0.15) is 51.4 Å². The van der Waals surface area contributed by atoms with E-state index in [0.717, 1.165) is 16.7 Å². The van der Waals surface area contributed by atoms with Crippen LogP contribution in [0.4, 0.5) is 14.5 Å². The highest BCUT2D eigenvalue weighted by Gasteiger charge is 2.26. The van der Waals surface area contributed by atoms with E-state index in [1.807, 2.05) is 4.72 Å². The first-order valence-electron chi connectivity index (χ1n) is 15.8. The van der Waals surface area contributed by atoms with Gasteiger partial charge in [0.2, 0.25) is 0 Å². The Bertz CT molecular complexity index is 2220. The Kier molecular flexibility index (Phi) is 11.8. The van der Waals surface area contributed by atoms with Crippen LogP contribution in [0.3, 0.4) is 0 Å². The molecule has 0 radical (unpaired) electrons. The van der Waals surface area contributed by atoms with Crippen LogP contribution >= 0.6 is 0 Å². The molecule has 2 atom stereocenters. The fraction of sp³-hybridized carbons (Fsp3) is 0.286. The van der Waals surface area contributed by atoms with Crippen LogP contribution < -0.4 is 26.6 Å². The molecule has 2 amide bonds. The lowest BCUT2D eigenvalue weighted by molar-refractivity contribution is -0.139. The van der Waals surface area contributed by atoms with Crippen molar-refractivity contribution < 1.29 is 41.8 Å². The summed E-state index contributed by atoms with van der Waals surface area (Å²) in [5.74, 6) is -6.13. The smallest absolute Gasteiger partial charge is 0.335 e. The summed E-state index contributed by atoms with van der Waals surface area (Å²) >= 11 is 0. The zero-order chi connectivity index (χ0) is 38.7. The highest BCUT2D eigenvalue weighted by Crippen LogP contribution is 2.24. The fourth-order valence-electron chi connectivity index (χ4n) is 5.10. The minimum Gasteiger partial charge on any atom is -0.480 e. The van der Waals surface area contributed by atoms with Crippen molar-refractivity contribution in [3.63, 3.8) is 0 Å².